The summed E-state index contributed by atoms with van der Waals surface area (Å²) in [5.74, 6) is 0.910. The molecule has 0 aliphatic heterocycles. The molecule has 0 fully saturated rings. The maximum atomic E-state index is 5.34. The summed E-state index contributed by atoms with van der Waals surface area (Å²) >= 11 is 4.89. The highest BCUT2D eigenvalue weighted by Gasteiger charge is 1.98. The van der Waals surface area contributed by atoms with Crippen LogP contribution < -0.4 is 5.73 Å². The zero-order valence-corrected chi connectivity index (χ0v) is 7.84. The lowest BCUT2D eigenvalue weighted by atomic mass is 10.4. The minimum atomic E-state index is 0. The molecule has 0 bridgehead atoms. The van der Waals surface area contributed by atoms with Gasteiger partial charge in [-0.1, -0.05) is 0 Å². The fourth-order valence-electron chi connectivity index (χ4n) is 0.732. The number of nitrogens with two attached hydrogens (primary N) is 1. The van der Waals surface area contributed by atoms with E-state index >= 15 is 0 Å². The van der Waals surface area contributed by atoms with Gasteiger partial charge in [-0.15, -0.1) is 12.4 Å². The molecule has 0 aliphatic rings. The number of hydrogen-bond acceptors (Lipinski definition) is 3. The molecule has 1 rings (SSSR count). The third kappa shape index (κ3) is 2.28. The highest BCUT2D eigenvalue weighted by atomic mass is 35.5. The molecule has 0 saturated heterocycles. The molecular formula is C5H11ClN4S. The summed E-state index contributed by atoms with van der Waals surface area (Å²) in [5, 5.41) is 6.65. The smallest absolute Gasteiger partial charge is 0.194 e. The third-order valence-electron chi connectivity index (χ3n) is 1.34. The Morgan fingerprint density at radius 3 is 2.73 bits per heavy atom. The Morgan fingerprint density at radius 1 is 1.73 bits per heavy atom. The van der Waals surface area contributed by atoms with E-state index in [1.54, 1.807) is 0 Å². The van der Waals surface area contributed by atoms with Crippen molar-refractivity contribution >= 4 is 24.6 Å². The highest BCUT2D eigenvalue weighted by molar-refractivity contribution is 7.71. The van der Waals surface area contributed by atoms with Gasteiger partial charge in [-0.05, 0) is 18.8 Å². The first kappa shape index (κ1) is 10.6. The molecule has 0 atom stereocenters. The Bertz CT molecular complexity index is 266. The van der Waals surface area contributed by atoms with Crippen molar-refractivity contribution in [2.75, 3.05) is 6.54 Å². The molecule has 3 N–H and O–H groups in total. The van der Waals surface area contributed by atoms with Crippen LogP contribution in [0.2, 0.25) is 0 Å². The van der Waals surface area contributed by atoms with Gasteiger partial charge >= 0.3 is 0 Å². The molecule has 0 amide bonds. The number of nitrogens with zero attached hydrogens (tertiary/aromatic N) is 2. The van der Waals surface area contributed by atoms with Crippen LogP contribution in [0.4, 0.5) is 0 Å². The predicted molar refractivity (Wildman–Crippen MR) is 48.4 cm³/mol. The fraction of sp³-hybridized carbons (Fsp3) is 0.600. The largest absolute Gasteiger partial charge is 0.330 e. The van der Waals surface area contributed by atoms with Crippen LogP contribution in [0, 0.1) is 4.77 Å². The quantitative estimate of drug-likeness (QED) is 0.671. The predicted octanol–water partition coefficient (Wildman–Crippen LogP) is 0.401. The topological polar surface area (TPSA) is 59.6 Å². The molecule has 0 aromatic carbocycles. The lowest BCUT2D eigenvalue weighted by molar-refractivity contribution is 0.771. The number of halogens is 1. The maximum absolute atomic E-state index is 5.34. The molecule has 64 valence electrons. The van der Waals surface area contributed by atoms with Crippen molar-refractivity contribution in [3.63, 3.8) is 0 Å². The molecule has 11 heavy (non-hydrogen) atoms. The summed E-state index contributed by atoms with van der Waals surface area (Å²) in [6.07, 6.45) is 0.768. The number of H-pyrrole nitrogens is 1. The second kappa shape index (κ2) is 4.48. The van der Waals surface area contributed by atoms with Crippen LogP contribution in [-0.4, -0.2) is 21.3 Å². The van der Waals surface area contributed by atoms with Crippen molar-refractivity contribution in [3.8, 4) is 0 Å². The average Bonchev–Trinajstić information content (AvgIpc) is 2.20. The summed E-state index contributed by atoms with van der Waals surface area (Å²) in [6, 6.07) is 0. The van der Waals surface area contributed by atoms with E-state index in [0.29, 0.717) is 11.3 Å². The van der Waals surface area contributed by atoms with Gasteiger partial charge in [0.25, 0.3) is 0 Å². The fourth-order valence-corrected chi connectivity index (χ4v) is 0.883. The molecule has 0 radical (unpaired) electrons. The summed E-state index contributed by atoms with van der Waals surface area (Å²) in [4.78, 5) is 0. The average molecular weight is 195 g/mol. The van der Waals surface area contributed by atoms with Gasteiger partial charge in [-0.25, -0.2) is 0 Å². The standard InChI is InChI=1S/C5H10N4S.ClH/c1-9-4(2-3-6)7-8-5(9)10;/h2-3,6H2,1H3,(H,8,10);1H. The van der Waals surface area contributed by atoms with Crippen LogP contribution in [0.5, 0.6) is 0 Å². The minimum absolute atomic E-state index is 0. The van der Waals surface area contributed by atoms with Gasteiger partial charge in [0.2, 0.25) is 0 Å². The first-order valence-corrected chi connectivity index (χ1v) is 3.47. The van der Waals surface area contributed by atoms with Crippen LogP contribution in [0.15, 0.2) is 0 Å². The summed E-state index contributed by atoms with van der Waals surface area (Å²) in [5.41, 5.74) is 5.34. The number of aromatic amines is 1. The van der Waals surface area contributed by atoms with Gasteiger partial charge in [0.05, 0.1) is 0 Å². The van der Waals surface area contributed by atoms with Crippen molar-refractivity contribution in [1.29, 1.82) is 0 Å². The van der Waals surface area contributed by atoms with E-state index < -0.39 is 0 Å². The van der Waals surface area contributed by atoms with Crippen molar-refractivity contribution in [1.82, 2.24) is 14.8 Å². The van der Waals surface area contributed by atoms with Crippen molar-refractivity contribution in [2.45, 2.75) is 6.42 Å². The van der Waals surface area contributed by atoms with Gasteiger partial charge in [0, 0.05) is 13.5 Å². The lowest BCUT2D eigenvalue weighted by Crippen LogP contribution is -2.07. The minimum Gasteiger partial charge on any atom is -0.330 e. The van der Waals surface area contributed by atoms with Crippen LogP contribution in [0.3, 0.4) is 0 Å². The van der Waals surface area contributed by atoms with E-state index in [0.717, 1.165) is 12.2 Å². The number of hydrogen-bond donors (Lipinski definition) is 2. The van der Waals surface area contributed by atoms with Gasteiger partial charge in [0.15, 0.2) is 4.77 Å². The SMILES string of the molecule is Cl.Cn1c(CCN)n[nH]c1=S. The van der Waals surface area contributed by atoms with E-state index in [2.05, 4.69) is 10.2 Å². The number of aromatic nitrogens is 3. The van der Waals surface area contributed by atoms with E-state index in [1.807, 2.05) is 11.6 Å². The molecule has 0 saturated carbocycles. The van der Waals surface area contributed by atoms with Crippen molar-refractivity contribution in [3.05, 3.63) is 10.6 Å². The van der Waals surface area contributed by atoms with Gasteiger partial charge in [-0.3, -0.25) is 5.10 Å². The summed E-state index contributed by atoms with van der Waals surface area (Å²) < 4.78 is 2.46. The van der Waals surface area contributed by atoms with Gasteiger partial charge in [0.1, 0.15) is 5.82 Å². The van der Waals surface area contributed by atoms with Crippen LogP contribution >= 0.6 is 24.6 Å². The molecular weight excluding hydrogens is 184 g/mol. The molecule has 4 nitrogen and oxygen atoms in total. The normalized spacial score (nSPS) is 9.27. The zero-order chi connectivity index (χ0) is 7.56. The summed E-state index contributed by atoms with van der Waals surface area (Å²) in [6.45, 7) is 0.605. The maximum Gasteiger partial charge on any atom is 0.194 e. The Hall–Kier alpha value is -0.390. The van der Waals surface area contributed by atoms with Crippen LogP contribution in [0.25, 0.3) is 0 Å². The first-order valence-electron chi connectivity index (χ1n) is 3.06. The Morgan fingerprint density at radius 2 is 2.36 bits per heavy atom. The number of rotatable bonds is 2. The van der Waals surface area contributed by atoms with Crippen LogP contribution in [0.1, 0.15) is 5.82 Å². The molecule has 1 heterocycles. The molecule has 0 spiro atoms. The third-order valence-corrected chi connectivity index (χ3v) is 1.71. The molecule has 1 aromatic rings. The number of nitrogens with one attached hydrogen (secondary N) is 1. The molecule has 1 aromatic heterocycles. The van der Waals surface area contributed by atoms with Gasteiger partial charge < -0.3 is 10.3 Å². The van der Waals surface area contributed by atoms with E-state index in [-0.39, 0.29) is 12.4 Å². The lowest BCUT2D eigenvalue weighted by Gasteiger charge is -1.94. The van der Waals surface area contributed by atoms with E-state index in [9.17, 15) is 0 Å². The molecule has 6 heteroatoms. The highest BCUT2D eigenvalue weighted by Crippen LogP contribution is 1.92. The zero-order valence-electron chi connectivity index (χ0n) is 6.20. The van der Waals surface area contributed by atoms with E-state index in [1.165, 1.54) is 0 Å². The Kier molecular flexibility index (Phi) is 4.32. The monoisotopic (exact) mass is 194 g/mol. The van der Waals surface area contributed by atoms with Gasteiger partial charge in [-0.2, -0.15) is 5.10 Å². The summed E-state index contributed by atoms with van der Waals surface area (Å²) in [7, 11) is 1.87. The van der Waals surface area contributed by atoms with Crippen LogP contribution in [-0.2, 0) is 13.5 Å². The van der Waals surface area contributed by atoms with Crippen molar-refractivity contribution < 1.29 is 0 Å². The second-order valence-corrected chi connectivity index (χ2v) is 2.43. The Balaban J connectivity index is 0.000001000. The van der Waals surface area contributed by atoms with E-state index in [4.69, 9.17) is 18.0 Å². The van der Waals surface area contributed by atoms with Crippen molar-refractivity contribution in [2.24, 2.45) is 12.8 Å². The first-order chi connectivity index (χ1) is 4.75. The Labute approximate surface area is 76.2 Å². The molecule has 0 aliphatic carbocycles. The second-order valence-electron chi connectivity index (χ2n) is 2.04. The molecule has 0 unspecified atom stereocenters.